The third kappa shape index (κ3) is 5.47. The molecule has 0 radical (unpaired) electrons. The van der Waals surface area contributed by atoms with Gasteiger partial charge in [-0.05, 0) is 36.6 Å². The fourth-order valence-electron chi connectivity index (χ4n) is 2.76. The monoisotopic (exact) mass is 390 g/mol. The van der Waals surface area contributed by atoms with Gasteiger partial charge in [-0.2, -0.15) is 0 Å². The van der Waals surface area contributed by atoms with Crippen LogP contribution in [0.25, 0.3) is 0 Å². The van der Waals surface area contributed by atoms with E-state index in [0.29, 0.717) is 11.4 Å². The fraction of sp³-hybridized carbons (Fsp3) is 0.350. The SMILES string of the molecule is CCc1ccc(C(C)NC(=O)CN(c2ccccc2OC)S(C)(=O)=O)cc1. The van der Waals surface area contributed by atoms with Gasteiger partial charge >= 0.3 is 0 Å². The van der Waals surface area contributed by atoms with Gasteiger partial charge in [-0.1, -0.05) is 43.3 Å². The molecule has 0 aliphatic carbocycles. The number of carbonyl (C=O) groups excluding carboxylic acids is 1. The lowest BCUT2D eigenvalue weighted by atomic mass is 10.1. The topological polar surface area (TPSA) is 75.7 Å². The maximum absolute atomic E-state index is 12.5. The molecule has 1 N–H and O–H groups in total. The van der Waals surface area contributed by atoms with Gasteiger partial charge in [-0.25, -0.2) is 8.42 Å². The summed E-state index contributed by atoms with van der Waals surface area (Å²) >= 11 is 0. The van der Waals surface area contributed by atoms with Crippen LogP contribution >= 0.6 is 0 Å². The molecule has 146 valence electrons. The molecule has 1 atom stereocenters. The van der Waals surface area contributed by atoms with Gasteiger partial charge in [0.15, 0.2) is 0 Å². The van der Waals surface area contributed by atoms with E-state index in [1.54, 1.807) is 24.3 Å². The molecule has 0 saturated carbocycles. The number of carbonyl (C=O) groups is 1. The molecular weight excluding hydrogens is 364 g/mol. The number of para-hydroxylation sites is 2. The van der Waals surface area contributed by atoms with E-state index in [-0.39, 0.29) is 12.6 Å². The molecule has 1 amide bonds. The van der Waals surface area contributed by atoms with Crippen LogP contribution in [0, 0.1) is 0 Å². The van der Waals surface area contributed by atoms with Crippen molar-refractivity contribution in [2.24, 2.45) is 0 Å². The van der Waals surface area contributed by atoms with E-state index in [1.807, 2.05) is 31.2 Å². The average Bonchev–Trinajstić information content (AvgIpc) is 2.65. The van der Waals surface area contributed by atoms with Gasteiger partial charge in [0.25, 0.3) is 0 Å². The number of aryl methyl sites for hydroxylation is 1. The van der Waals surface area contributed by atoms with Crippen molar-refractivity contribution in [2.75, 3.05) is 24.2 Å². The smallest absolute Gasteiger partial charge is 0.241 e. The lowest BCUT2D eigenvalue weighted by Gasteiger charge is -2.24. The maximum Gasteiger partial charge on any atom is 0.241 e. The van der Waals surface area contributed by atoms with Crippen LogP contribution in [-0.2, 0) is 21.2 Å². The molecule has 6 nitrogen and oxygen atoms in total. The second-order valence-electron chi connectivity index (χ2n) is 6.33. The molecule has 2 aromatic carbocycles. The van der Waals surface area contributed by atoms with Crippen molar-refractivity contribution in [3.05, 3.63) is 59.7 Å². The number of methoxy groups -OCH3 is 1. The van der Waals surface area contributed by atoms with E-state index in [4.69, 9.17) is 4.74 Å². The highest BCUT2D eigenvalue weighted by Gasteiger charge is 2.24. The van der Waals surface area contributed by atoms with Crippen molar-refractivity contribution in [2.45, 2.75) is 26.3 Å². The van der Waals surface area contributed by atoms with E-state index < -0.39 is 15.9 Å². The van der Waals surface area contributed by atoms with E-state index in [9.17, 15) is 13.2 Å². The minimum Gasteiger partial charge on any atom is -0.495 e. The first-order valence-corrected chi connectivity index (χ1v) is 10.6. The highest BCUT2D eigenvalue weighted by atomic mass is 32.2. The number of nitrogens with one attached hydrogen (secondary N) is 1. The zero-order chi connectivity index (χ0) is 20.0. The van der Waals surface area contributed by atoms with Crippen molar-refractivity contribution in [1.29, 1.82) is 0 Å². The van der Waals surface area contributed by atoms with Crippen LogP contribution in [0.3, 0.4) is 0 Å². The largest absolute Gasteiger partial charge is 0.495 e. The van der Waals surface area contributed by atoms with Gasteiger partial charge in [-0.3, -0.25) is 9.10 Å². The minimum atomic E-state index is -3.66. The van der Waals surface area contributed by atoms with Gasteiger partial charge in [-0.15, -0.1) is 0 Å². The Hall–Kier alpha value is -2.54. The summed E-state index contributed by atoms with van der Waals surface area (Å²) in [7, 11) is -2.20. The average molecular weight is 391 g/mol. The van der Waals surface area contributed by atoms with Crippen molar-refractivity contribution < 1.29 is 17.9 Å². The lowest BCUT2D eigenvalue weighted by molar-refractivity contribution is -0.120. The Morgan fingerprint density at radius 3 is 2.33 bits per heavy atom. The van der Waals surface area contributed by atoms with Crippen LogP contribution in [0.5, 0.6) is 5.75 Å². The number of anilines is 1. The summed E-state index contributed by atoms with van der Waals surface area (Å²) in [5.41, 5.74) is 2.51. The van der Waals surface area contributed by atoms with Crippen LogP contribution in [-0.4, -0.2) is 34.2 Å². The Kier molecular flexibility index (Phi) is 6.85. The van der Waals surface area contributed by atoms with E-state index in [1.165, 1.54) is 12.7 Å². The quantitative estimate of drug-likeness (QED) is 0.752. The summed E-state index contributed by atoms with van der Waals surface area (Å²) in [6.07, 6.45) is 2.02. The Morgan fingerprint density at radius 2 is 1.78 bits per heavy atom. The molecule has 0 aliphatic rings. The predicted molar refractivity (Wildman–Crippen MR) is 108 cm³/mol. The summed E-state index contributed by atoms with van der Waals surface area (Å²) in [6.45, 7) is 3.63. The first-order valence-electron chi connectivity index (χ1n) is 8.75. The summed E-state index contributed by atoms with van der Waals surface area (Å²) < 4.78 is 30.8. The molecule has 0 heterocycles. The summed E-state index contributed by atoms with van der Waals surface area (Å²) in [5, 5.41) is 2.86. The predicted octanol–water partition coefficient (Wildman–Crippen LogP) is 2.90. The summed E-state index contributed by atoms with van der Waals surface area (Å²) in [4.78, 5) is 12.5. The van der Waals surface area contributed by atoms with Gasteiger partial charge in [0.2, 0.25) is 15.9 Å². The minimum absolute atomic E-state index is 0.234. The van der Waals surface area contributed by atoms with Gasteiger partial charge in [0, 0.05) is 0 Å². The first-order chi connectivity index (χ1) is 12.8. The lowest BCUT2D eigenvalue weighted by Crippen LogP contribution is -2.41. The fourth-order valence-corrected chi connectivity index (χ4v) is 3.62. The second-order valence-corrected chi connectivity index (χ2v) is 8.23. The normalized spacial score (nSPS) is 12.3. The number of ether oxygens (including phenoxy) is 1. The Morgan fingerprint density at radius 1 is 1.15 bits per heavy atom. The Bertz CT molecular complexity index is 879. The molecule has 27 heavy (non-hydrogen) atoms. The third-order valence-corrected chi connectivity index (χ3v) is 5.43. The van der Waals surface area contributed by atoms with Crippen molar-refractivity contribution in [1.82, 2.24) is 5.32 Å². The first kappa shape index (κ1) is 20.8. The molecule has 0 spiro atoms. The third-order valence-electron chi connectivity index (χ3n) is 4.31. The highest BCUT2D eigenvalue weighted by Crippen LogP contribution is 2.29. The van der Waals surface area contributed by atoms with Crippen LogP contribution in [0.2, 0.25) is 0 Å². The Balaban J connectivity index is 2.16. The van der Waals surface area contributed by atoms with Crippen molar-refractivity contribution in [3.8, 4) is 5.75 Å². The highest BCUT2D eigenvalue weighted by molar-refractivity contribution is 7.92. The van der Waals surface area contributed by atoms with Crippen LogP contribution < -0.4 is 14.4 Å². The maximum atomic E-state index is 12.5. The molecule has 1 unspecified atom stereocenters. The van der Waals surface area contributed by atoms with E-state index >= 15 is 0 Å². The molecule has 7 heteroatoms. The van der Waals surface area contributed by atoms with E-state index in [0.717, 1.165) is 22.5 Å². The van der Waals surface area contributed by atoms with E-state index in [2.05, 4.69) is 12.2 Å². The van der Waals surface area contributed by atoms with Crippen LogP contribution in [0.4, 0.5) is 5.69 Å². The van der Waals surface area contributed by atoms with Crippen molar-refractivity contribution >= 4 is 21.6 Å². The molecule has 0 fully saturated rings. The van der Waals surface area contributed by atoms with Gasteiger partial charge in [0.1, 0.15) is 12.3 Å². The zero-order valence-corrected chi connectivity index (χ0v) is 16.9. The number of rotatable bonds is 8. The summed E-state index contributed by atoms with van der Waals surface area (Å²) in [6, 6.07) is 14.5. The number of benzene rings is 2. The van der Waals surface area contributed by atoms with Crippen LogP contribution in [0.1, 0.15) is 31.0 Å². The molecule has 2 aromatic rings. The van der Waals surface area contributed by atoms with Gasteiger partial charge < -0.3 is 10.1 Å². The molecule has 0 bridgehead atoms. The molecule has 0 aromatic heterocycles. The second kappa shape index (κ2) is 8.90. The molecule has 0 saturated heterocycles. The Labute approximate surface area is 161 Å². The standard InChI is InChI=1S/C20H26N2O4S/c1-5-16-10-12-17(13-11-16)15(2)21-20(23)14-22(27(4,24)25)18-8-6-7-9-19(18)26-3/h6-13,15H,5,14H2,1-4H3,(H,21,23). The van der Waals surface area contributed by atoms with Gasteiger partial charge in [0.05, 0.1) is 25.1 Å². The zero-order valence-electron chi connectivity index (χ0n) is 16.1. The molecule has 2 rings (SSSR count). The number of hydrogen-bond acceptors (Lipinski definition) is 4. The molecular formula is C20H26N2O4S. The number of sulfonamides is 1. The molecule has 0 aliphatic heterocycles. The number of hydrogen-bond donors (Lipinski definition) is 1. The number of amides is 1. The van der Waals surface area contributed by atoms with Crippen molar-refractivity contribution in [3.63, 3.8) is 0 Å². The van der Waals surface area contributed by atoms with Crippen LogP contribution in [0.15, 0.2) is 48.5 Å². The number of nitrogens with zero attached hydrogens (tertiary/aromatic N) is 1. The summed E-state index contributed by atoms with van der Waals surface area (Å²) in [5.74, 6) is -0.00247.